The average Bonchev–Trinajstić information content (AvgIpc) is 3.67. The predicted molar refractivity (Wildman–Crippen MR) is 244 cm³/mol. The van der Waals surface area contributed by atoms with Crippen LogP contribution >= 0.6 is 0 Å². The lowest BCUT2D eigenvalue weighted by atomic mass is 9.99. The zero-order valence-corrected chi connectivity index (χ0v) is 32.6. The summed E-state index contributed by atoms with van der Waals surface area (Å²) >= 11 is 0. The highest BCUT2D eigenvalue weighted by atomic mass is 28.3. The number of hydrogen-bond acceptors (Lipinski definition) is 3. The first kappa shape index (κ1) is 33.9. The van der Waals surface area contributed by atoms with E-state index >= 15 is 0 Å². The molecule has 4 heteroatoms. The van der Waals surface area contributed by atoms with Crippen LogP contribution in [0.15, 0.2) is 223 Å². The van der Waals surface area contributed by atoms with E-state index in [-0.39, 0.29) is 0 Å². The Kier molecular flexibility index (Phi) is 8.16. The summed E-state index contributed by atoms with van der Waals surface area (Å²) in [6, 6.07) is 78.5. The van der Waals surface area contributed by atoms with Crippen molar-refractivity contribution in [2.24, 2.45) is 0 Å². The Morgan fingerprint density at radius 2 is 0.879 bits per heavy atom. The van der Waals surface area contributed by atoms with Gasteiger partial charge in [-0.15, -0.1) is 0 Å². The lowest BCUT2D eigenvalue weighted by Gasteiger charge is -2.34. The third-order valence-electron chi connectivity index (χ3n) is 11.6. The Balaban J connectivity index is 1.19. The van der Waals surface area contributed by atoms with Crippen LogP contribution in [0.3, 0.4) is 0 Å². The molecule has 58 heavy (non-hydrogen) atoms. The molecule has 272 valence electrons. The lowest BCUT2D eigenvalue weighted by molar-refractivity contribution is 0.669. The van der Waals surface area contributed by atoms with E-state index in [1.165, 1.54) is 26.1 Å². The summed E-state index contributed by atoms with van der Waals surface area (Å²) in [6.45, 7) is 0. The van der Waals surface area contributed by atoms with Gasteiger partial charge in [-0.1, -0.05) is 194 Å². The van der Waals surface area contributed by atoms with Gasteiger partial charge in [0.05, 0.1) is 11.4 Å². The van der Waals surface area contributed by atoms with Gasteiger partial charge in [-0.25, -0.2) is 9.97 Å². The van der Waals surface area contributed by atoms with Gasteiger partial charge < -0.3 is 4.42 Å². The van der Waals surface area contributed by atoms with Gasteiger partial charge in [0.25, 0.3) is 0 Å². The highest BCUT2D eigenvalue weighted by molar-refractivity contribution is 7.19. The first-order chi connectivity index (χ1) is 28.7. The molecule has 0 saturated carbocycles. The molecule has 11 aromatic rings. The zero-order valence-electron chi connectivity index (χ0n) is 31.6. The summed E-state index contributed by atoms with van der Waals surface area (Å²) in [4.78, 5) is 10.9. The quantitative estimate of drug-likeness (QED) is 0.120. The fourth-order valence-electron chi connectivity index (χ4n) is 8.98. The molecule has 0 amide bonds. The molecule has 0 fully saturated rings. The molecule has 0 spiro atoms. The van der Waals surface area contributed by atoms with Gasteiger partial charge >= 0.3 is 0 Å². The molecule has 0 bridgehead atoms. The number of furan rings is 1. The number of aromatic nitrogens is 2. The van der Waals surface area contributed by atoms with E-state index in [0.717, 1.165) is 66.2 Å². The molecule has 0 atom stereocenters. The molecular formula is C54H36N2OSi. The molecule has 2 heterocycles. The van der Waals surface area contributed by atoms with Crippen molar-refractivity contribution < 1.29 is 4.42 Å². The van der Waals surface area contributed by atoms with Crippen molar-refractivity contribution in [3.8, 4) is 33.9 Å². The fraction of sp³-hybridized carbons (Fsp3) is 0. The van der Waals surface area contributed by atoms with Crippen LogP contribution in [0.1, 0.15) is 0 Å². The van der Waals surface area contributed by atoms with Gasteiger partial charge in [-0.05, 0) is 66.6 Å². The molecule has 0 aliphatic rings. The maximum absolute atomic E-state index is 6.55. The number of benzene rings is 9. The minimum atomic E-state index is -2.79. The van der Waals surface area contributed by atoms with Gasteiger partial charge in [0, 0.05) is 27.5 Å². The van der Waals surface area contributed by atoms with Crippen molar-refractivity contribution in [3.63, 3.8) is 0 Å². The normalized spacial score (nSPS) is 11.8. The standard InChI is InChI=1S/C54H36N2OSi/c1-4-22-41(23-5-1)58(42-24-6-2-7-25-42,43-26-8-3-9-27-43)44-28-14-21-40(33-44)49-36-50(56-54(55-49)46-30-15-20-37-17-12-13-29-45(37)46)47-31-16-32-51-53(47)48-34-38-18-10-11-19-39(38)35-52(48)57-51/h1-36H. The minimum absolute atomic E-state index is 0.683. The first-order valence-electron chi connectivity index (χ1n) is 19.7. The smallest absolute Gasteiger partial charge is 0.179 e. The number of rotatable bonds is 7. The van der Waals surface area contributed by atoms with Gasteiger partial charge in [0.1, 0.15) is 11.2 Å². The van der Waals surface area contributed by atoms with Crippen molar-refractivity contribution >= 4 is 72.3 Å². The molecule has 0 aliphatic carbocycles. The molecule has 0 N–H and O–H groups in total. The second-order valence-electron chi connectivity index (χ2n) is 14.9. The van der Waals surface area contributed by atoms with Gasteiger partial charge in [0.15, 0.2) is 13.9 Å². The monoisotopic (exact) mass is 756 g/mol. The van der Waals surface area contributed by atoms with Crippen molar-refractivity contribution in [2.45, 2.75) is 0 Å². The van der Waals surface area contributed by atoms with E-state index < -0.39 is 8.07 Å². The summed E-state index contributed by atoms with van der Waals surface area (Å²) in [5.74, 6) is 0.683. The topological polar surface area (TPSA) is 38.9 Å². The van der Waals surface area contributed by atoms with Crippen molar-refractivity contribution in [3.05, 3.63) is 218 Å². The van der Waals surface area contributed by atoms with Gasteiger partial charge in [0.2, 0.25) is 0 Å². The highest BCUT2D eigenvalue weighted by Gasteiger charge is 2.41. The van der Waals surface area contributed by atoms with Crippen LogP contribution in [-0.4, -0.2) is 18.0 Å². The van der Waals surface area contributed by atoms with Crippen molar-refractivity contribution in [2.75, 3.05) is 0 Å². The maximum Gasteiger partial charge on any atom is 0.179 e. The lowest BCUT2D eigenvalue weighted by Crippen LogP contribution is -2.74. The molecule has 0 aliphatic heterocycles. The molecule has 0 unspecified atom stereocenters. The van der Waals surface area contributed by atoms with Crippen LogP contribution in [0.2, 0.25) is 0 Å². The fourth-order valence-corrected chi connectivity index (χ4v) is 13.8. The zero-order chi connectivity index (χ0) is 38.5. The average molecular weight is 757 g/mol. The van der Waals surface area contributed by atoms with Gasteiger partial charge in [-0.2, -0.15) is 0 Å². The van der Waals surface area contributed by atoms with Crippen LogP contribution in [0.25, 0.3) is 77.4 Å². The Morgan fingerprint density at radius 1 is 0.345 bits per heavy atom. The van der Waals surface area contributed by atoms with E-state index in [9.17, 15) is 0 Å². The maximum atomic E-state index is 6.55. The third-order valence-corrected chi connectivity index (χ3v) is 16.4. The van der Waals surface area contributed by atoms with E-state index in [0.29, 0.717) is 5.82 Å². The summed E-state index contributed by atoms with van der Waals surface area (Å²) in [5.41, 5.74) is 6.45. The molecule has 0 radical (unpaired) electrons. The minimum Gasteiger partial charge on any atom is -0.456 e. The summed E-state index contributed by atoms with van der Waals surface area (Å²) in [7, 11) is -2.79. The van der Waals surface area contributed by atoms with Crippen LogP contribution < -0.4 is 20.7 Å². The van der Waals surface area contributed by atoms with Crippen LogP contribution in [0.5, 0.6) is 0 Å². The van der Waals surface area contributed by atoms with E-state index in [4.69, 9.17) is 14.4 Å². The number of fused-ring (bicyclic) bond motifs is 5. The Bertz CT molecular complexity index is 3180. The number of nitrogens with zero attached hydrogens (tertiary/aromatic N) is 2. The van der Waals surface area contributed by atoms with Crippen LogP contribution in [0.4, 0.5) is 0 Å². The second-order valence-corrected chi connectivity index (χ2v) is 18.7. The molecule has 11 rings (SSSR count). The highest BCUT2D eigenvalue weighted by Crippen LogP contribution is 2.39. The predicted octanol–water partition coefficient (Wildman–Crippen LogP) is 11.1. The third kappa shape index (κ3) is 5.57. The van der Waals surface area contributed by atoms with E-state index in [2.05, 4.69) is 218 Å². The summed E-state index contributed by atoms with van der Waals surface area (Å²) in [5, 5.41) is 12.0. The Labute approximate surface area is 337 Å². The van der Waals surface area contributed by atoms with Crippen molar-refractivity contribution in [1.29, 1.82) is 0 Å². The van der Waals surface area contributed by atoms with Crippen LogP contribution in [-0.2, 0) is 0 Å². The summed E-state index contributed by atoms with van der Waals surface area (Å²) in [6.07, 6.45) is 0. The second kappa shape index (κ2) is 14.0. The van der Waals surface area contributed by atoms with Crippen molar-refractivity contribution in [1.82, 2.24) is 9.97 Å². The molecule has 0 saturated heterocycles. The largest absolute Gasteiger partial charge is 0.456 e. The number of hydrogen-bond donors (Lipinski definition) is 0. The SMILES string of the molecule is c1ccc([Si](c2ccccc2)(c2ccccc2)c2cccc(-c3cc(-c4cccc5oc6cc7ccccc7cc6c45)nc(-c4cccc5ccccc45)n3)c2)cc1. The van der Waals surface area contributed by atoms with Gasteiger partial charge in [-0.3, -0.25) is 0 Å². The first-order valence-corrected chi connectivity index (χ1v) is 21.7. The molecule has 3 nitrogen and oxygen atoms in total. The Morgan fingerprint density at radius 3 is 1.59 bits per heavy atom. The molecule has 2 aromatic heterocycles. The molecular weight excluding hydrogens is 721 g/mol. The summed E-state index contributed by atoms with van der Waals surface area (Å²) < 4.78 is 6.55. The van der Waals surface area contributed by atoms with E-state index in [1.807, 2.05) is 0 Å². The molecule has 9 aromatic carbocycles. The van der Waals surface area contributed by atoms with Crippen LogP contribution in [0, 0.1) is 0 Å². The Hall–Kier alpha value is -7.40. The van der Waals surface area contributed by atoms with E-state index in [1.54, 1.807) is 0 Å².